The van der Waals surface area contributed by atoms with E-state index in [9.17, 15) is 4.79 Å². The lowest BCUT2D eigenvalue weighted by atomic mass is 10.1. The summed E-state index contributed by atoms with van der Waals surface area (Å²) in [5.74, 6) is 0. The molecule has 27 heavy (non-hydrogen) atoms. The summed E-state index contributed by atoms with van der Waals surface area (Å²) < 4.78 is 2.47. The minimum Gasteiger partial charge on any atom is -0.334 e. The van der Waals surface area contributed by atoms with Gasteiger partial charge in [-0.1, -0.05) is 72.9 Å². The van der Waals surface area contributed by atoms with E-state index >= 15 is 0 Å². The Bertz CT molecular complexity index is 1130. The molecule has 0 radical (unpaired) electrons. The molecule has 1 aliphatic heterocycles. The number of aromatic nitrogens is 1. The van der Waals surface area contributed by atoms with Crippen LogP contribution in [0.4, 0.5) is 5.69 Å². The Balaban J connectivity index is 1.59. The average molecular weight is 375 g/mol. The molecule has 5 heteroatoms. The largest absolute Gasteiger partial charge is 0.334 e. The molecule has 4 rings (SSSR count). The molecule has 0 N–H and O–H groups in total. The predicted molar refractivity (Wildman–Crippen MR) is 112 cm³/mol. The smallest absolute Gasteiger partial charge is 0.271 e. The molecule has 0 saturated carbocycles. The van der Waals surface area contributed by atoms with Crippen molar-refractivity contribution in [2.24, 2.45) is 4.99 Å². The third-order valence-corrected chi connectivity index (χ3v) is 5.69. The first-order chi connectivity index (χ1) is 13.2. The molecule has 0 unspecified atom stereocenters. The Hall–Kier alpha value is -2.92. The summed E-state index contributed by atoms with van der Waals surface area (Å²) in [5.41, 5.74) is 3.53. The minimum atomic E-state index is 0.0198. The Morgan fingerprint density at radius 3 is 2.63 bits per heavy atom. The van der Waals surface area contributed by atoms with E-state index in [-0.39, 0.29) is 5.56 Å². The van der Waals surface area contributed by atoms with E-state index in [0.29, 0.717) is 17.9 Å². The highest BCUT2D eigenvalue weighted by Crippen LogP contribution is 2.17. The Morgan fingerprint density at radius 2 is 1.89 bits per heavy atom. The Kier molecular flexibility index (Phi) is 5.03. The molecule has 1 aliphatic rings. The SMILES string of the molecule is CCc1ccc(N2CN=c3s/c(=C\C=C\c4ccccc4)c(=O)n3C2)cc1. The lowest BCUT2D eigenvalue weighted by Crippen LogP contribution is -2.42. The topological polar surface area (TPSA) is 37.6 Å². The molecule has 0 atom stereocenters. The summed E-state index contributed by atoms with van der Waals surface area (Å²) in [6.07, 6.45) is 6.83. The van der Waals surface area contributed by atoms with E-state index in [1.54, 1.807) is 4.57 Å². The molecule has 0 spiro atoms. The number of nitrogens with zero attached hydrogens (tertiary/aromatic N) is 3. The van der Waals surface area contributed by atoms with Crippen LogP contribution in [0, 0.1) is 0 Å². The molecule has 1 aromatic heterocycles. The van der Waals surface area contributed by atoms with E-state index in [0.717, 1.165) is 22.5 Å². The van der Waals surface area contributed by atoms with Crippen molar-refractivity contribution in [1.82, 2.24) is 4.57 Å². The van der Waals surface area contributed by atoms with Gasteiger partial charge in [0.1, 0.15) is 13.3 Å². The zero-order valence-electron chi connectivity index (χ0n) is 15.2. The van der Waals surface area contributed by atoms with Crippen LogP contribution in [0.15, 0.2) is 70.5 Å². The standard InChI is InChI=1S/C22H21N3OS/c1-2-17-11-13-19(14-12-17)24-15-23-22-25(16-24)21(26)20(27-22)10-6-9-18-7-4-3-5-8-18/h3-14H,2,15-16H2,1H3/b9-6+,20-10-. The number of rotatable bonds is 4. The van der Waals surface area contributed by atoms with E-state index in [4.69, 9.17) is 0 Å². The van der Waals surface area contributed by atoms with Gasteiger partial charge in [0.2, 0.25) is 0 Å². The summed E-state index contributed by atoms with van der Waals surface area (Å²) in [6.45, 7) is 3.26. The van der Waals surface area contributed by atoms with Gasteiger partial charge in [-0.25, -0.2) is 4.99 Å². The Morgan fingerprint density at radius 1 is 1.11 bits per heavy atom. The van der Waals surface area contributed by atoms with Gasteiger partial charge >= 0.3 is 0 Å². The van der Waals surface area contributed by atoms with Gasteiger partial charge in [-0.2, -0.15) is 0 Å². The number of anilines is 1. The summed E-state index contributed by atoms with van der Waals surface area (Å²) in [7, 11) is 0. The van der Waals surface area contributed by atoms with Crippen LogP contribution >= 0.6 is 11.3 Å². The van der Waals surface area contributed by atoms with Crippen LogP contribution in [0.1, 0.15) is 18.1 Å². The number of thiazole rings is 1. The molecule has 0 aliphatic carbocycles. The fourth-order valence-corrected chi connectivity index (χ4v) is 3.96. The van der Waals surface area contributed by atoms with Crippen LogP contribution in [0.3, 0.4) is 0 Å². The van der Waals surface area contributed by atoms with Crippen molar-refractivity contribution in [3.05, 3.63) is 91.5 Å². The molecule has 2 aromatic carbocycles. The van der Waals surface area contributed by atoms with Crippen LogP contribution in [0.5, 0.6) is 0 Å². The van der Waals surface area contributed by atoms with Gasteiger partial charge < -0.3 is 4.90 Å². The predicted octanol–water partition coefficient (Wildman–Crippen LogP) is 3.02. The van der Waals surface area contributed by atoms with Gasteiger partial charge in [0.25, 0.3) is 5.56 Å². The molecule has 0 bridgehead atoms. The molecule has 0 saturated heterocycles. The van der Waals surface area contributed by atoms with Crippen LogP contribution in [-0.4, -0.2) is 11.2 Å². The molecule has 2 heterocycles. The zero-order chi connectivity index (χ0) is 18.6. The van der Waals surface area contributed by atoms with Gasteiger partial charge in [-0.05, 0) is 35.8 Å². The molecular formula is C22H21N3OS. The molecule has 3 aromatic rings. The van der Waals surface area contributed by atoms with Gasteiger partial charge in [0.05, 0.1) is 4.53 Å². The normalized spacial score (nSPS) is 14.4. The monoisotopic (exact) mass is 375 g/mol. The van der Waals surface area contributed by atoms with E-state index in [1.165, 1.54) is 16.9 Å². The summed E-state index contributed by atoms with van der Waals surface area (Å²) in [6, 6.07) is 18.5. The van der Waals surface area contributed by atoms with Crippen molar-refractivity contribution in [1.29, 1.82) is 0 Å². The number of hydrogen-bond acceptors (Lipinski definition) is 4. The summed E-state index contributed by atoms with van der Waals surface area (Å²) in [5, 5.41) is 0. The lowest BCUT2D eigenvalue weighted by Gasteiger charge is -2.25. The van der Waals surface area contributed by atoms with Gasteiger partial charge in [0, 0.05) is 5.69 Å². The van der Waals surface area contributed by atoms with E-state index in [1.807, 2.05) is 48.6 Å². The van der Waals surface area contributed by atoms with Gasteiger partial charge in [-0.15, -0.1) is 0 Å². The van der Waals surface area contributed by atoms with Crippen molar-refractivity contribution in [2.45, 2.75) is 20.0 Å². The number of hydrogen-bond donors (Lipinski definition) is 0. The maximum absolute atomic E-state index is 12.8. The Labute approximate surface area is 162 Å². The number of fused-ring (bicyclic) bond motifs is 1. The van der Waals surface area contributed by atoms with Crippen molar-refractivity contribution >= 4 is 29.2 Å². The highest BCUT2D eigenvalue weighted by atomic mass is 32.1. The van der Waals surface area contributed by atoms with Crippen LogP contribution in [-0.2, 0) is 13.1 Å². The minimum absolute atomic E-state index is 0.0198. The maximum atomic E-state index is 12.8. The summed E-state index contributed by atoms with van der Waals surface area (Å²) in [4.78, 5) is 20.3. The fourth-order valence-electron chi connectivity index (χ4n) is 3.04. The second-order valence-electron chi connectivity index (χ2n) is 6.42. The molecule has 4 nitrogen and oxygen atoms in total. The lowest BCUT2D eigenvalue weighted by molar-refractivity contribution is 0.569. The number of benzene rings is 2. The molecule has 0 fully saturated rings. The average Bonchev–Trinajstić information content (AvgIpc) is 3.04. The van der Waals surface area contributed by atoms with Crippen molar-refractivity contribution < 1.29 is 0 Å². The second-order valence-corrected chi connectivity index (χ2v) is 7.43. The number of aryl methyl sites for hydroxylation is 1. The third-order valence-electron chi connectivity index (χ3n) is 4.62. The van der Waals surface area contributed by atoms with E-state index < -0.39 is 0 Å². The highest BCUT2D eigenvalue weighted by molar-refractivity contribution is 7.07. The first-order valence-corrected chi connectivity index (χ1v) is 9.87. The second kappa shape index (κ2) is 7.76. The van der Waals surface area contributed by atoms with Crippen molar-refractivity contribution in [3.63, 3.8) is 0 Å². The molecule has 136 valence electrons. The quantitative estimate of drug-likeness (QED) is 0.703. The summed E-state index contributed by atoms with van der Waals surface area (Å²) >= 11 is 1.45. The van der Waals surface area contributed by atoms with E-state index in [2.05, 4.69) is 41.1 Å². The van der Waals surface area contributed by atoms with Gasteiger partial charge in [-0.3, -0.25) is 9.36 Å². The highest BCUT2D eigenvalue weighted by Gasteiger charge is 2.15. The van der Waals surface area contributed by atoms with Gasteiger partial charge in [0.15, 0.2) is 4.80 Å². The van der Waals surface area contributed by atoms with Crippen molar-refractivity contribution in [2.75, 3.05) is 11.6 Å². The maximum Gasteiger partial charge on any atom is 0.271 e. The first kappa shape index (κ1) is 17.5. The first-order valence-electron chi connectivity index (χ1n) is 9.06. The molecule has 0 amide bonds. The molecular weight excluding hydrogens is 354 g/mol. The van der Waals surface area contributed by atoms with Crippen molar-refractivity contribution in [3.8, 4) is 0 Å². The van der Waals surface area contributed by atoms with Crippen LogP contribution in [0.25, 0.3) is 12.2 Å². The zero-order valence-corrected chi connectivity index (χ0v) is 16.0. The fraction of sp³-hybridized carbons (Fsp3) is 0.182. The van der Waals surface area contributed by atoms with Crippen LogP contribution in [0.2, 0.25) is 0 Å². The third kappa shape index (κ3) is 3.78. The van der Waals surface area contributed by atoms with Crippen LogP contribution < -0.4 is 19.8 Å². The number of allylic oxidation sites excluding steroid dienone is 1.